The molecule has 2 atom stereocenters. The Morgan fingerprint density at radius 2 is 2.32 bits per heavy atom. The van der Waals surface area contributed by atoms with Crippen LogP contribution in [0.4, 0.5) is 0 Å². The van der Waals surface area contributed by atoms with Crippen LogP contribution in [0.1, 0.15) is 36.0 Å². The van der Waals surface area contributed by atoms with E-state index >= 15 is 0 Å². The first-order valence-electron chi connectivity index (χ1n) is 8.17. The molecule has 1 amide bonds. The van der Waals surface area contributed by atoms with Crippen molar-refractivity contribution >= 4 is 5.91 Å². The van der Waals surface area contributed by atoms with Crippen LogP contribution in [0, 0.1) is 0 Å². The van der Waals surface area contributed by atoms with Crippen molar-refractivity contribution in [1.82, 2.24) is 10.6 Å². The third kappa shape index (κ3) is 4.21. The molecule has 0 spiro atoms. The molecular weight excluding hydrogens is 280 g/mol. The average molecular weight is 304 g/mol. The van der Waals surface area contributed by atoms with Crippen molar-refractivity contribution in [3.8, 4) is 5.75 Å². The van der Waals surface area contributed by atoms with Gasteiger partial charge in [0, 0.05) is 24.8 Å². The molecule has 5 nitrogen and oxygen atoms in total. The average Bonchev–Trinajstić information content (AvgIpc) is 3.08. The van der Waals surface area contributed by atoms with E-state index in [1.165, 1.54) is 0 Å². The lowest BCUT2D eigenvalue weighted by Crippen LogP contribution is -2.45. The summed E-state index contributed by atoms with van der Waals surface area (Å²) < 4.78 is 11.3. The number of ether oxygens (including phenoxy) is 2. The maximum absolute atomic E-state index is 12.3. The summed E-state index contributed by atoms with van der Waals surface area (Å²) in [5, 5.41) is 6.38. The SMILES string of the molecule is O=C(NC1CCCNC1)c1cccc(OCC2CCCO2)c1. The first kappa shape index (κ1) is 15.3. The minimum Gasteiger partial charge on any atom is -0.491 e. The molecule has 22 heavy (non-hydrogen) atoms. The van der Waals surface area contributed by atoms with Crippen LogP contribution in [0.3, 0.4) is 0 Å². The van der Waals surface area contributed by atoms with Gasteiger partial charge in [-0.05, 0) is 50.4 Å². The quantitative estimate of drug-likeness (QED) is 0.870. The second kappa shape index (κ2) is 7.61. The van der Waals surface area contributed by atoms with E-state index in [0.717, 1.165) is 51.1 Å². The van der Waals surface area contributed by atoms with Gasteiger partial charge in [-0.3, -0.25) is 4.79 Å². The maximum Gasteiger partial charge on any atom is 0.251 e. The van der Waals surface area contributed by atoms with Gasteiger partial charge >= 0.3 is 0 Å². The molecule has 1 aromatic rings. The van der Waals surface area contributed by atoms with Crippen LogP contribution in [-0.4, -0.2) is 44.4 Å². The fourth-order valence-corrected chi connectivity index (χ4v) is 2.94. The Morgan fingerprint density at radius 1 is 1.36 bits per heavy atom. The van der Waals surface area contributed by atoms with Gasteiger partial charge in [-0.25, -0.2) is 0 Å². The number of carbonyl (C=O) groups is 1. The zero-order valence-electron chi connectivity index (χ0n) is 12.8. The summed E-state index contributed by atoms with van der Waals surface area (Å²) in [6.45, 7) is 3.27. The number of hydrogen-bond acceptors (Lipinski definition) is 4. The fourth-order valence-electron chi connectivity index (χ4n) is 2.94. The van der Waals surface area contributed by atoms with Crippen LogP contribution in [0.5, 0.6) is 5.75 Å². The third-order valence-electron chi connectivity index (χ3n) is 4.19. The van der Waals surface area contributed by atoms with Crippen LogP contribution in [0.2, 0.25) is 0 Å². The second-order valence-corrected chi connectivity index (χ2v) is 5.99. The number of hydrogen-bond donors (Lipinski definition) is 2. The van der Waals surface area contributed by atoms with Gasteiger partial charge in [0.1, 0.15) is 12.4 Å². The van der Waals surface area contributed by atoms with Crippen molar-refractivity contribution in [3.63, 3.8) is 0 Å². The minimum atomic E-state index is -0.0312. The van der Waals surface area contributed by atoms with E-state index < -0.39 is 0 Å². The number of piperidine rings is 1. The van der Waals surface area contributed by atoms with Crippen LogP contribution in [0.25, 0.3) is 0 Å². The Bertz CT molecular complexity index is 494. The fraction of sp³-hybridized carbons (Fsp3) is 0.588. The second-order valence-electron chi connectivity index (χ2n) is 5.99. The molecule has 0 saturated carbocycles. The van der Waals surface area contributed by atoms with Gasteiger partial charge in [0.15, 0.2) is 0 Å². The molecule has 2 aliphatic rings. The summed E-state index contributed by atoms with van der Waals surface area (Å²) in [6.07, 6.45) is 4.48. The van der Waals surface area contributed by atoms with E-state index in [4.69, 9.17) is 9.47 Å². The smallest absolute Gasteiger partial charge is 0.251 e. The summed E-state index contributed by atoms with van der Waals surface area (Å²) in [6, 6.07) is 7.59. The Kier molecular flexibility index (Phi) is 5.29. The predicted octanol–water partition coefficient (Wildman–Crippen LogP) is 1.73. The van der Waals surface area contributed by atoms with Crippen molar-refractivity contribution in [1.29, 1.82) is 0 Å². The molecule has 2 heterocycles. The van der Waals surface area contributed by atoms with Crippen LogP contribution in [0.15, 0.2) is 24.3 Å². The highest BCUT2D eigenvalue weighted by Crippen LogP contribution is 2.17. The topological polar surface area (TPSA) is 59.6 Å². The summed E-state index contributed by atoms with van der Waals surface area (Å²) in [5.74, 6) is 0.696. The minimum absolute atomic E-state index is 0.0312. The molecule has 2 N–H and O–H groups in total. The van der Waals surface area contributed by atoms with Gasteiger partial charge in [0.25, 0.3) is 5.91 Å². The molecule has 0 bridgehead atoms. The molecule has 120 valence electrons. The number of benzene rings is 1. The van der Waals surface area contributed by atoms with E-state index in [-0.39, 0.29) is 18.1 Å². The lowest BCUT2D eigenvalue weighted by Gasteiger charge is -2.23. The molecule has 3 rings (SSSR count). The lowest BCUT2D eigenvalue weighted by atomic mass is 10.1. The monoisotopic (exact) mass is 304 g/mol. The van der Waals surface area contributed by atoms with Gasteiger partial charge < -0.3 is 20.1 Å². The van der Waals surface area contributed by atoms with Crippen molar-refractivity contribution < 1.29 is 14.3 Å². The molecule has 2 unspecified atom stereocenters. The summed E-state index contributed by atoms with van der Waals surface area (Å²) >= 11 is 0. The van der Waals surface area contributed by atoms with E-state index in [9.17, 15) is 4.79 Å². The zero-order chi connectivity index (χ0) is 15.2. The Hall–Kier alpha value is -1.59. The third-order valence-corrected chi connectivity index (χ3v) is 4.19. The maximum atomic E-state index is 12.3. The molecule has 5 heteroatoms. The Balaban J connectivity index is 1.53. The highest BCUT2D eigenvalue weighted by atomic mass is 16.5. The number of rotatable bonds is 5. The Morgan fingerprint density at radius 3 is 3.09 bits per heavy atom. The standard InChI is InChI=1S/C17H24N2O3/c20-17(19-14-5-2-8-18-11-14)13-4-1-6-15(10-13)22-12-16-7-3-9-21-16/h1,4,6,10,14,16,18H,2-3,5,7-9,11-12H2,(H,19,20). The summed E-state index contributed by atoms with van der Waals surface area (Å²) in [5.41, 5.74) is 0.649. The highest BCUT2D eigenvalue weighted by Gasteiger charge is 2.18. The number of nitrogens with one attached hydrogen (secondary N) is 2. The highest BCUT2D eigenvalue weighted by molar-refractivity contribution is 5.94. The lowest BCUT2D eigenvalue weighted by molar-refractivity contribution is 0.0679. The predicted molar refractivity (Wildman–Crippen MR) is 84.3 cm³/mol. The molecule has 0 radical (unpaired) electrons. The summed E-state index contributed by atoms with van der Waals surface area (Å²) in [7, 11) is 0. The first-order valence-corrected chi connectivity index (χ1v) is 8.17. The van der Waals surface area contributed by atoms with E-state index in [0.29, 0.717) is 12.2 Å². The van der Waals surface area contributed by atoms with Gasteiger partial charge in [-0.2, -0.15) is 0 Å². The van der Waals surface area contributed by atoms with Crippen molar-refractivity contribution in [2.45, 2.75) is 37.8 Å². The van der Waals surface area contributed by atoms with Gasteiger partial charge in [-0.1, -0.05) is 6.07 Å². The van der Waals surface area contributed by atoms with Crippen molar-refractivity contribution in [3.05, 3.63) is 29.8 Å². The molecule has 2 fully saturated rings. The van der Waals surface area contributed by atoms with E-state index in [2.05, 4.69) is 10.6 Å². The van der Waals surface area contributed by atoms with Crippen LogP contribution in [-0.2, 0) is 4.74 Å². The van der Waals surface area contributed by atoms with Crippen molar-refractivity contribution in [2.75, 3.05) is 26.3 Å². The molecular formula is C17H24N2O3. The van der Waals surface area contributed by atoms with Crippen LogP contribution >= 0.6 is 0 Å². The molecule has 0 aromatic heterocycles. The normalized spacial score (nSPS) is 24.9. The first-order chi connectivity index (χ1) is 10.8. The molecule has 1 aromatic carbocycles. The van der Waals surface area contributed by atoms with E-state index in [1.54, 1.807) is 6.07 Å². The largest absolute Gasteiger partial charge is 0.491 e. The van der Waals surface area contributed by atoms with Crippen LogP contribution < -0.4 is 15.4 Å². The van der Waals surface area contributed by atoms with Gasteiger partial charge in [0.2, 0.25) is 0 Å². The molecule has 2 saturated heterocycles. The molecule has 0 aliphatic carbocycles. The van der Waals surface area contributed by atoms with E-state index in [1.807, 2.05) is 18.2 Å². The number of amides is 1. The van der Waals surface area contributed by atoms with Crippen molar-refractivity contribution in [2.24, 2.45) is 0 Å². The zero-order valence-corrected chi connectivity index (χ0v) is 12.8. The Labute approximate surface area is 131 Å². The number of carbonyl (C=O) groups excluding carboxylic acids is 1. The molecule has 2 aliphatic heterocycles. The van der Waals surface area contributed by atoms with Gasteiger partial charge in [0.05, 0.1) is 6.10 Å². The van der Waals surface area contributed by atoms with Gasteiger partial charge in [-0.15, -0.1) is 0 Å². The summed E-state index contributed by atoms with van der Waals surface area (Å²) in [4.78, 5) is 12.3.